The topological polar surface area (TPSA) is 102 Å². The zero-order valence-electron chi connectivity index (χ0n) is 19.0. The molecule has 0 saturated carbocycles. The zero-order chi connectivity index (χ0) is 23.8. The van der Waals surface area contributed by atoms with Crippen molar-refractivity contribution in [1.29, 1.82) is 0 Å². The van der Waals surface area contributed by atoms with Crippen molar-refractivity contribution in [2.75, 3.05) is 33.1 Å². The first kappa shape index (κ1) is 24.7. The lowest BCUT2D eigenvalue weighted by Gasteiger charge is -2.29. The van der Waals surface area contributed by atoms with Gasteiger partial charge in [-0.15, -0.1) is 0 Å². The van der Waals surface area contributed by atoms with Gasteiger partial charge >= 0.3 is 0 Å². The van der Waals surface area contributed by atoms with Gasteiger partial charge in [-0.25, -0.2) is 8.42 Å². The Hall–Kier alpha value is -2.91. The molecule has 0 aliphatic carbocycles. The van der Waals surface area contributed by atoms with Crippen molar-refractivity contribution < 1.29 is 27.5 Å². The van der Waals surface area contributed by atoms with E-state index in [1.165, 1.54) is 4.31 Å². The van der Waals surface area contributed by atoms with E-state index in [2.05, 4.69) is 5.32 Å². The molecular formula is C24H30N2O6S. The van der Waals surface area contributed by atoms with Gasteiger partial charge in [0.1, 0.15) is 0 Å². The van der Waals surface area contributed by atoms with Gasteiger partial charge in [-0.1, -0.05) is 30.3 Å². The normalized spacial score (nSPS) is 13.8. The molecule has 0 saturated heterocycles. The minimum absolute atomic E-state index is 0.0567. The molecular weight excluding hydrogens is 444 g/mol. The number of nitrogens with one attached hydrogen (secondary N) is 1. The summed E-state index contributed by atoms with van der Waals surface area (Å²) in [6, 6.07) is 12.6. The van der Waals surface area contributed by atoms with Crippen molar-refractivity contribution in [3.8, 4) is 11.5 Å². The summed E-state index contributed by atoms with van der Waals surface area (Å²) in [5.41, 5.74) is 2.53. The molecule has 1 amide bonds. The van der Waals surface area contributed by atoms with Gasteiger partial charge in [0.2, 0.25) is 15.9 Å². The number of carbonyl (C=O) groups is 2. The van der Waals surface area contributed by atoms with Gasteiger partial charge in [-0.2, -0.15) is 4.31 Å². The maximum absolute atomic E-state index is 12.8. The van der Waals surface area contributed by atoms with Gasteiger partial charge in [0.05, 0.1) is 20.0 Å². The molecule has 178 valence electrons. The average molecular weight is 475 g/mol. The van der Waals surface area contributed by atoms with Crippen molar-refractivity contribution >= 4 is 21.7 Å². The van der Waals surface area contributed by atoms with Crippen LogP contribution < -0.4 is 14.8 Å². The summed E-state index contributed by atoms with van der Waals surface area (Å²) in [5, 5.41) is 2.70. The molecule has 8 nitrogen and oxygen atoms in total. The Morgan fingerprint density at radius 3 is 2.33 bits per heavy atom. The minimum Gasteiger partial charge on any atom is -0.493 e. The van der Waals surface area contributed by atoms with Crippen LogP contribution in [-0.4, -0.2) is 57.5 Å². The number of ether oxygens (including phenoxy) is 2. The molecule has 33 heavy (non-hydrogen) atoms. The van der Waals surface area contributed by atoms with Crippen LogP contribution in [0.25, 0.3) is 0 Å². The third-order valence-corrected chi connectivity index (χ3v) is 7.56. The third kappa shape index (κ3) is 6.55. The lowest BCUT2D eigenvalue weighted by Crippen LogP contribution is -2.38. The fourth-order valence-corrected chi connectivity index (χ4v) is 5.26. The Bertz CT molecular complexity index is 1090. The molecule has 9 heteroatoms. The van der Waals surface area contributed by atoms with E-state index < -0.39 is 10.0 Å². The molecule has 0 unspecified atom stereocenters. The van der Waals surface area contributed by atoms with Crippen LogP contribution in [0, 0.1) is 0 Å². The standard InChI is InChI=1S/C24H30N2O6S/c1-31-22-15-19-11-13-26(17-20(19)16-23(22)32-2)33(29,30)14-6-12-25-24(28)10-9-21(27)18-7-4-3-5-8-18/h3-5,7-8,15-16H,6,9-14,17H2,1-2H3,(H,25,28). The second kappa shape index (κ2) is 11.3. The van der Waals surface area contributed by atoms with E-state index in [0.29, 0.717) is 36.4 Å². The Labute approximate surface area is 194 Å². The Morgan fingerprint density at radius 1 is 1.00 bits per heavy atom. The highest BCUT2D eigenvalue weighted by atomic mass is 32.2. The monoisotopic (exact) mass is 474 g/mol. The van der Waals surface area contributed by atoms with Crippen LogP contribution in [-0.2, 0) is 27.8 Å². The predicted molar refractivity (Wildman–Crippen MR) is 125 cm³/mol. The van der Waals surface area contributed by atoms with Crippen LogP contribution in [0.15, 0.2) is 42.5 Å². The number of methoxy groups -OCH3 is 2. The van der Waals surface area contributed by atoms with E-state index in [9.17, 15) is 18.0 Å². The van der Waals surface area contributed by atoms with E-state index in [-0.39, 0.29) is 43.4 Å². The van der Waals surface area contributed by atoms with Crippen molar-refractivity contribution in [2.24, 2.45) is 0 Å². The van der Waals surface area contributed by atoms with Crippen molar-refractivity contribution in [1.82, 2.24) is 9.62 Å². The van der Waals surface area contributed by atoms with Crippen LogP contribution in [0.3, 0.4) is 0 Å². The molecule has 0 radical (unpaired) electrons. The smallest absolute Gasteiger partial charge is 0.220 e. The minimum atomic E-state index is -3.47. The molecule has 1 heterocycles. The van der Waals surface area contributed by atoms with E-state index in [1.807, 2.05) is 18.2 Å². The van der Waals surface area contributed by atoms with Crippen molar-refractivity contribution in [3.63, 3.8) is 0 Å². The second-order valence-corrected chi connectivity index (χ2v) is 9.96. The molecule has 0 atom stereocenters. The first-order valence-corrected chi connectivity index (χ1v) is 12.5. The van der Waals surface area contributed by atoms with Gasteiger partial charge < -0.3 is 14.8 Å². The number of rotatable bonds is 11. The van der Waals surface area contributed by atoms with Crippen LogP contribution >= 0.6 is 0 Å². The number of ketones is 1. The average Bonchev–Trinajstić information content (AvgIpc) is 2.84. The number of carbonyl (C=O) groups excluding carboxylic acids is 2. The maximum atomic E-state index is 12.8. The molecule has 1 aliphatic rings. The number of Topliss-reactive ketones (excluding diaryl/α,β-unsaturated/α-hetero) is 1. The summed E-state index contributed by atoms with van der Waals surface area (Å²) in [4.78, 5) is 24.1. The third-order valence-electron chi connectivity index (χ3n) is 5.65. The number of amides is 1. The quantitative estimate of drug-likeness (QED) is 0.397. The highest BCUT2D eigenvalue weighted by Crippen LogP contribution is 2.33. The van der Waals surface area contributed by atoms with Crippen LogP contribution in [0.2, 0.25) is 0 Å². The van der Waals surface area contributed by atoms with Gasteiger partial charge in [-0.05, 0) is 36.1 Å². The fraction of sp³-hybridized carbons (Fsp3) is 0.417. The van der Waals surface area contributed by atoms with E-state index in [1.54, 1.807) is 38.5 Å². The number of fused-ring (bicyclic) bond motifs is 1. The van der Waals surface area contributed by atoms with Crippen LogP contribution in [0.1, 0.15) is 40.7 Å². The molecule has 2 aromatic carbocycles. The van der Waals surface area contributed by atoms with Gasteiger partial charge in [0, 0.05) is 38.0 Å². The zero-order valence-corrected chi connectivity index (χ0v) is 19.8. The Morgan fingerprint density at radius 2 is 1.67 bits per heavy atom. The fourth-order valence-electron chi connectivity index (χ4n) is 3.79. The van der Waals surface area contributed by atoms with E-state index in [0.717, 1.165) is 11.1 Å². The maximum Gasteiger partial charge on any atom is 0.220 e. The summed E-state index contributed by atoms with van der Waals surface area (Å²) < 4.78 is 37.7. The second-order valence-electron chi connectivity index (χ2n) is 7.87. The molecule has 1 N–H and O–H groups in total. The van der Waals surface area contributed by atoms with Gasteiger partial charge in [0.25, 0.3) is 0 Å². The van der Waals surface area contributed by atoms with Gasteiger partial charge in [0.15, 0.2) is 17.3 Å². The van der Waals surface area contributed by atoms with Gasteiger partial charge in [-0.3, -0.25) is 9.59 Å². The number of hydrogen-bond acceptors (Lipinski definition) is 6. The highest BCUT2D eigenvalue weighted by Gasteiger charge is 2.27. The molecule has 0 aromatic heterocycles. The largest absolute Gasteiger partial charge is 0.493 e. The van der Waals surface area contributed by atoms with E-state index >= 15 is 0 Å². The summed E-state index contributed by atoms with van der Waals surface area (Å²) in [7, 11) is -0.343. The number of nitrogens with zero attached hydrogens (tertiary/aromatic N) is 1. The number of benzene rings is 2. The predicted octanol–water partition coefficient (Wildman–Crippen LogP) is 2.56. The summed E-state index contributed by atoms with van der Waals surface area (Å²) in [6.45, 7) is 0.928. The SMILES string of the molecule is COc1cc2c(cc1OC)CN(S(=O)(=O)CCCNC(=O)CCC(=O)c1ccccc1)CC2. The first-order chi connectivity index (χ1) is 15.8. The molecule has 0 spiro atoms. The van der Waals surface area contributed by atoms with Crippen LogP contribution in [0.4, 0.5) is 0 Å². The van der Waals surface area contributed by atoms with Crippen molar-refractivity contribution in [2.45, 2.75) is 32.2 Å². The molecule has 3 rings (SSSR count). The first-order valence-electron chi connectivity index (χ1n) is 10.9. The van der Waals surface area contributed by atoms with E-state index in [4.69, 9.17) is 9.47 Å². The summed E-state index contributed by atoms with van der Waals surface area (Å²) in [5.74, 6) is 0.800. The number of hydrogen-bond donors (Lipinski definition) is 1. The summed E-state index contributed by atoms with van der Waals surface area (Å²) in [6.07, 6.45) is 1.10. The molecule has 2 aromatic rings. The van der Waals surface area contributed by atoms with Crippen molar-refractivity contribution in [3.05, 3.63) is 59.2 Å². The number of sulfonamides is 1. The highest BCUT2D eigenvalue weighted by molar-refractivity contribution is 7.89. The Kier molecular flexibility index (Phi) is 8.46. The molecule has 1 aliphatic heterocycles. The lowest BCUT2D eigenvalue weighted by atomic mass is 10.0. The summed E-state index contributed by atoms with van der Waals surface area (Å²) >= 11 is 0. The lowest BCUT2D eigenvalue weighted by molar-refractivity contribution is -0.121. The molecule has 0 bridgehead atoms. The van der Waals surface area contributed by atoms with Crippen LogP contribution in [0.5, 0.6) is 11.5 Å². The molecule has 0 fully saturated rings. The Balaban J connectivity index is 1.44.